The predicted octanol–water partition coefficient (Wildman–Crippen LogP) is 5.06. The molecule has 0 saturated carbocycles. The zero-order chi connectivity index (χ0) is 28.3. The lowest BCUT2D eigenvalue weighted by molar-refractivity contribution is -0.136. The van der Waals surface area contributed by atoms with E-state index in [1.54, 1.807) is 31.2 Å². The minimum absolute atomic E-state index is 0.0304. The number of aromatic hydroxyl groups is 1. The van der Waals surface area contributed by atoms with Crippen molar-refractivity contribution in [3.05, 3.63) is 87.3 Å². The number of thiophene rings is 1. The van der Waals surface area contributed by atoms with Gasteiger partial charge in [-0.05, 0) is 30.7 Å². The molecule has 0 bridgehead atoms. The number of alkyl halides is 3. The molecular formula is C26H17F4N7O2S. The van der Waals surface area contributed by atoms with E-state index in [2.05, 4.69) is 20.1 Å². The zero-order valence-electron chi connectivity index (χ0n) is 20.4. The van der Waals surface area contributed by atoms with Crippen LogP contribution < -0.4 is 11.3 Å². The Morgan fingerprint density at radius 2 is 1.88 bits per heavy atom. The Balaban J connectivity index is 1.63. The molecule has 0 aliphatic heterocycles. The van der Waals surface area contributed by atoms with E-state index in [-0.39, 0.29) is 51.1 Å². The molecule has 14 heteroatoms. The number of benzene rings is 2. The summed E-state index contributed by atoms with van der Waals surface area (Å²) in [5.41, 5.74) is 5.71. The van der Waals surface area contributed by atoms with Crippen molar-refractivity contribution in [2.45, 2.75) is 19.6 Å². The normalized spacial score (nSPS) is 12.0. The first-order valence-electron chi connectivity index (χ1n) is 11.7. The number of hydrogen-bond acceptors (Lipinski definition) is 8. The third-order valence-corrected chi connectivity index (χ3v) is 7.22. The highest BCUT2D eigenvalue weighted by Crippen LogP contribution is 2.37. The zero-order valence-corrected chi connectivity index (χ0v) is 21.3. The van der Waals surface area contributed by atoms with Crippen molar-refractivity contribution < 1.29 is 22.7 Å². The van der Waals surface area contributed by atoms with Gasteiger partial charge in [-0.15, -0.1) is 11.3 Å². The summed E-state index contributed by atoms with van der Waals surface area (Å²) in [5, 5.41) is 15.1. The van der Waals surface area contributed by atoms with Gasteiger partial charge in [0.2, 0.25) is 0 Å². The molecule has 0 atom stereocenters. The number of phenolic OH excluding ortho intramolecular Hbond substituents is 1. The number of nitrogens with zero attached hydrogens (tertiary/aromatic N) is 6. The molecule has 3 N–H and O–H groups in total. The first kappa shape index (κ1) is 25.4. The summed E-state index contributed by atoms with van der Waals surface area (Å²) in [6.07, 6.45) is -3.55. The predicted molar refractivity (Wildman–Crippen MR) is 141 cm³/mol. The summed E-state index contributed by atoms with van der Waals surface area (Å²) in [6.45, 7) is 1.51. The van der Waals surface area contributed by atoms with Crippen LogP contribution in [0.1, 0.15) is 17.0 Å². The van der Waals surface area contributed by atoms with Crippen LogP contribution >= 0.6 is 11.3 Å². The summed E-state index contributed by atoms with van der Waals surface area (Å²) in [7, 11) is 0. The van der Waals surface area contributed by atoms with Gasteiger partial charge in [0, 0.05) is 17.0 Å². The van der Waals surface area contributed by atoms with E-state index in [1.165, 1.54) is 17.1 Å². The van der Waals surface area contributed by atoms with E-state index in [0.717, 1.165) is 22.1 Å². The van der Waals surface area contributed by atoms with Crippen LogP contribution in [-0.4, -0.2) is 34.4 Å². The Bertz CT molecular complexity index is 1990. The number of fused-ring (bicyclic) bond motifs is 2. The highest BCUT2D eigenvalue weighted by Gasteiger charge is 2.36. The van der Waals surface area contributed by atoms with Crippen molar-refractivity contribution in [1.29, 1.82) is 0 Å². The number of para-hydroxylation sites is 1. The summed E-state index contributed by atoms with van der Waals surface area (Å²) >= 11 is 0.710. The molecule has 202 valence electrons. The van der Waals surface area contributed by atoms with Gasteiger partial charge in [0.15, 0.2) is 5.65 Å². The number of nitrogens with two attached hydrogens (primary N) is 1. The third-order valence-electron chi connectivity index (χ3n) is 6.34. The number of aromatic nitrogens is 6. The minimum atomic E-state index is -4.75. The van der Waals surface area contributed by atoms with Gasteiger partial charge in [-0.1, -0.05) is 18.2 Å². The summed E-state index contributed by atoms with van der Waals surface area (Å²) in [6, 6.07) is 10.1. The van der Waals surface area contributed by atoms with Crippen molar-refractivity contribution in [3.8, 4) is 22.7 Å². The van der Waals surface area contributed by atoms with Gasteiger partial charge < -0.3 is 10.8 Å². The van der Waals surface area contributed by atoms with Gasteiger partial charge in [0.25, 0.3) is 5.56 Å². The maximum Gasteiger partial charge on any atom is 0.418 e. The Labute approximate surface area is 225 Å². The van der Waals surface area contributed by atoms with Gasteiger partial charge in [-0.25, -0.2) is 24.0 Å². The van der Waals surface area contributed by atoms with Crippen LogP contribution in [0, 0.1) is 12.7 Å². The number of hydrogen-bond donors (Lipinski definition) is 2. The van der Waals surface area contributed by atoms with E-state index in [0.29, 0.717) is 22.6 Å². The number of halogens is 4. The fourth-order valence-electron chi connectivity index (χ4n) is 4.60. The monoisotopic (exact) mass is 567 g/mol. The van der Waals surface area contributed by atoms with Gasteiger partial charge in [-0.3, -0.25) is 9.36 Å². The molecule has 0 aliphatic carbocycles. The highest BCUT2D eigenvalue weighted by atomic mass is 32.1. The quantitative estimate of drug-likeness (QED) is 0.286. The molecule has 6 rings (SSSR count). The Kier molecular flexibility index (Phi) is 5.80. The SMILES string of the molecule is Cc1ccccc1-n1c(Cn2nc(-c3cc(O)cc(F)c3)c3c(N)ncnc32)nc2scc(C(F)(F)F)c2c1=O. The molecule has 0 spiro atoms. The molecule has 0 amide bonds. The van der Waals surface area contributed by atoms with Gasteiger partial charge in [0.1, 0.15) is 46.6 Å². The van der Waals surface area contributed by atoms with Crippen LogP contribution in [0.3, 0.4) is 0 Å². The molecule has 0 aliphatic rings. The maximum absolute atomic E-state index is 14.1. The van der Waals surface area contributed by atoms with Crippen molar-refractivity contribution in [2.24, 2.45) is 0 Å². The molecule has 2 aromatic carbocycles. The lowest BCUT2D eigenvalue weighted by Crippen LogP contribution is -2.27. The number of nitrogen functional groups attached to an aromatic ring is 1. The largest absolute Gasteiger partial charge is 0.508 e. The topological polar surface area (TPSA) is 125 Å². The summed E-state index contributed by atoms with van der Waals surface area (Å²) in [4.78, 5) is 26.4. The van der Waals surface area contributed by atoms with Crippen molar-refractivity contribution in [1.82, 2.24) is 29.3 Å². The van der Waals surface area contributed by atoms with E-state index in [9.17, 15) is 27.5 Å². The molecule has 4 aromatic heterocycles. The van der Waals surface area contributed by atoms with Crippen molar-refractivity contribution >= 4 is 38.4 Å². The molecular weight excluding hydrogens is 550 g/mol. The number of phenols is 1. The number of anilines is 1. The average Bonchev–Trinajstić information content (AvgIpc) is 3.48. The van der Waals surface area contributed by atoms with E-state index < -0.39 is 28.5 Å². The smallest absolute Gasteiger partial charge is 0.418 e. The lowest BCUT2D eigenvalue weighted by atomic mass is 10.1. The second-order valence-corrected chi connectivity index (χ2v) is 9.80. The third kappa shape index (κ3) is 4.12. The van der Waals surface area contributed by atoms with Crippen LogP contribution in [0.4, 0.5) is 23.4 Å². The van der Waals surface area contributed by atoms with Gasteiger partial charge in [-0.2, -0.15) is 18.3 Å². The minimum Gasteiger partial charge on any atom is -0.508 e. The second kappa shape index (κ2) is 9.12. The first-order chi connectivity index (χ1) is 19.0. The molecule has 6 aromatic rings. The van der Waals surface area contributed by atoms with Gasteiger partial charge in [0.05, 0.1) is 22.0 Å². The van der Waals surface area contributed by atoms with Crippen molar-refractivity contribution in [3.63, 3.8) is 0 Å². The van der Waals surface area contributed by atoms with Crippen LogP contribution in [0.2, 0.25) is 0 Å². The number of aryl methyl sites for hydroxylation is 1. The van der Waals surface area contributed by atoms with Crippen molar-refractivity contribution in [2.75, 3.05) is 5.73 Å². The Hall–Kier alpha value is -4.85. The molecule has 0 radical (unpaired) electrons. The molecule has 4 heterocycles. The fraction of sp³-hybridized carbons (Fsp3) is 0.115. The van der Waals surface area contributed by atoms with Crippen LogP contribution in [-0.2, 0) is 12.7 Å². The fourth-order valence-corrected chi connectivity index (χ4v) is 5.55. The molecule has 0 fully saturated rings. The lowest BCUT2D eigenvalue weighted by Gasteiger charge is -2.15. The molecule has 0 unspecified atom stereocenters. The summed E-state index contributed by atoms with van der Waals surface area (Å²) < 4.78 is 57.9. The Morgan fingerprint density at radius 3 is 2.60 bits per heavy atom. The average molecular weight is 568 g/mol. The number of rotatable bonds is 4. The highest BCUT2D eigenvalue weighted by molar-refractivity contribution is 7.16. The van der Waals surface area contributed by atoms with E-state index >= 15 is 0 Å². The first-order valence-corrected chi connectivity index (χ1v) is 12.5. The molecule has 9 nitrogen and oxygen atoms in total. The Morgan fingerprint density at radius 1 is 1.10 bits per heavy atom. The second-order valence-electron chi connectivity index (χ2n) is 8.94. The van der Waals surface area contributed by atoms with E-state index in [4.69, 9.17) is 5.73 Å². The maximum atomic E-state index is 14.1. The van der Waals surface area contributed by atoms with E-state index in [1.807, 2.05) is 0 Å². The molecule has 40 heavy (non-hydrogen) atoms. The molecule has 0 saturated heterocycles. The van der Waals surface area contributed by atoms with Gasteiger partial charge >= 0.3 is 6.18 Å². The van der Waals surface area contributed by atoms with Crippen LogP contribution in [0.15, 0.2) is 59.0 Å². The standard InChI is InChI=1S/C26H17F4N7O2S/c1-12-4-2-3-5-17(12)37-18(34-24-19(25(37)39)16(10-40-24)26(28,29)30)9-36-23-20(22(31)32-11-33-23)21(35-36)13-6-14(27)8-15(38)7-13/h2-8,10-11,38H,9H2,1H3,(H2,31,32,33). The van der Waals surface area contributed by atoms with Crippen LogP contribution in [0.5, 0.6) is 5.75 Å². The van der Waals surface area contributed by atoms with Crippen LogP contribution in [0.25, 0.3) is 38.2 Å². The summed E-state index contributed by atoms with van der Waals surface area (Å²) in [5.74, 6) is -0.945.